The molecular weight excluding hydrogens is 452 g/mol. The van der Waals surface area contributed by atoms with Crippen molar-refractivity contribution in [3.63, 3.8) is 0 Å². The molecular formula is C29H26N4O3. The summed E-state index contributed by atoms with van der Waals surface area (Å²) in [5.41, 5.74) is 4.67. The standard InChI is InChI=1S/C29H26N4O3/c1-18-19(2)26(12-11-23(18)33-29(34)32-21-9-10-21)36-27-13-14-31-24-16-28(25(30-3)15-22(24)27)35-17-20-7-5-4-6-8-20/h4-8,11-16,21H,9-10,17H2,1-2H3,(H2,32,33,34). The minimum Gasteiger partial charge on any atom is -0.500 e. The summed E-state index contributed by atoms with van der Waals surface area (Å²) in [4.78, 5) is 20.3. The zero-order chi connectivity index (χ0) is 25.1. The van der Waals surface area contributed by atoms with Gasteiger partial charge in [0.05, 0.1) is 12.1 Å². The van der Waals surface area contributed by atoms with E-state index in [4.69, 9.17) is 16.0 Å². The number of ether oxygens (including phenoxy) is 2. The molecule has 4 aromatic rings. The van der Waals surface area contributed by atoms with Crippen molar-refractivity contribution in [2.75, 3.05) is 5.32 Å². The van der Waals surface area contributed by atoms with Gasteiger partial charge in [-0.2, -0.15) is 0 Å². The first-order chi connectivity index (χ1) is 17.5. The molecule has 7 heteroatoms. The number of carbonyl (C=O) groups excluding carboxylic acids is 1. The van der Waals surface area contributed by atoms with E-state index in [0.29, 0.717) is 41.1 Å². The molecule has 7 nitrogen and oxygen atoms in total. The molecule has 0 radical (unpaired) electrons. The smallest absolute Gasteiger partial charge is 0.319 e. The average Bonchev–Trinajstić information content (AvgIpc) is 3.71. The maximum absolute atomic E-state index is 12.2. The van der Waals surface area contributed by atoms with Crippen LogP contribution in [-0.4, -0.2) is 17.1 Å². The van der Waals surface area contributed by atoms with Crippen molar-refractivity contribution in [3.05, 3.63) is 95.0 Å². The Labute approximate surface area is 209 Å². The second kappa shape index (κ2) is 9.96. The molecule has 0 saturated heterocycles. The third-order valence-corrected chi connectivity index (χ3v) is 6.26. The third kappa shape index (κ3) is 5.08. The first-order valence-electron chi connectivity index (χ1n) is 11.8. The maximum atomic E-state index is 12.2. The second-order valence-corrected chi connectivity index (χ2v) is 8.87. The van der Waals surface area contributed by atoms with Gasteiger partial charge < -0.3 is 20.1 Å². The molecule has 0 atom stereocenters. The summed E-state index contributed by atoms with van der Waals surface area (Å²) in [6.07, 6.45) is 3.75. The van der Waals surface area contributed by atoms with E-state index in [1.807, 2.05) is 56.3 Å². The summed E-state index contributed by atoms with van der Waals surface area (Å²) in [7, 11) is 0. The highest BCUT2D eigenvalue weighted by atomic mass is 16.5. The Bertz CT molecular complexity index is 1470. The Morgan fingerprint density at radius 3 is 2.58 bits per heavy atom. The highest BCUT2D eigenvalue weighted by Gasteiger charge is 2.23. The zero-order valence-corrected chi connectivity index (χ0v) is 20.2. The summed E-state index contributed by atoms with van der Waals surface area (Å²) >= 11 is 0. The lowest BCUT2D eigenvalue weighted by Crippen LogP contribution is -2.30. The van der Waals surface area contributed by atoms with Crippen molar-refractivity contribution >= 4 is 28.3 Å². The van der Waals surface area contributed by atoms with E-state index in [0.717, 1.165) is 40.6 Å². The Hall–Kier alpha value is -4.57. The molecule has 0 aliphatic heterocycles. The predicted octanol–water partition coefficient (Wildman–Crippen LogP) is 7.06. The minimum absolute atomic E-state index is 0.189. The van der Waals surface area contributed by atoms with Crippen molar-refractivity contribution in [1.29, 1.82) is 0 Å². The molecule has 180 valence electrons. The number of benzene rings is 3. The van der Waals surface area contributed by atoms with Gasteiger partial charge in [0.25, 0.3) is 0 Å². The summed E-state index contributed by atoms with van der Waals surface area (Å²) < 4.78 is 12.2. The van der Waals surface area contributed by atoms with E-state index < -0.39 is 0 Å². The van der Waals surface area contributed by atoms with Gasteiger partial charge in [-0.1, -0.05) is 30.3 Å². The van der Waals surface area contributed by atoms with Crippen LogP contribution in [-0.2, 0) is 6.61 Å². The van der Waals surface area contributed by atoms with Crippen LogP contribution in [0, 0.1) is 20.4 Å². The number of amides is 2. The van der Waals surface area contributed by atoms with Gasteiger partial charge >= 0.3 is 6.03 Å². The molecule has 3 aromatic carbocycles. The van der Waals surface area contributed by atoms with Gasteiger partial charge in [0.15, 0.2) is 0 Å². The number of pyridine rings is 1. The van der Waals surface area contributed by atoms with Crippen molar-refractivity contribution < 1.29 is 14.3 Å². The van der Waals surface area contributed by atoms with Crippen molar-refractivity contribution in [1.82, 2.24) is 10.3 Å². The molecule has 2 N–H and O–H groups in total. The maximum Gasteiger partial charge on any atom is 0.319 e. The number of carbonyl (C=O) groups is 1. The quantitative estimate of drug-likeness (QED) is 0.279. The second-order valence-electron chi connectivity index (χ2n) is 8.87. The minimum atomic E-state index is -0.189. The summed E-state index contributed by atoms with van der Waals surface area (Å²) in [5.74, 6) is 1.74. The van der Waals surface area contributed by atoms with Gasteiger partial charge in [0, 0.05) is 23.3 Å². The number of nitrogens with one attached hydrogen (secondary N) is 2. The van der Waals surface area contributed by atoms with Gasteiger partial charge in [-0.15, -0.1) is 0 Å². The lowest BCUT2D eigenvalue weighted by molar-refractivity contribution is 0.251. The van der Waals surface area contributed by atoms with Crippen LogP contribution in [0.15, 0.2) is 66.9 Å². The fourth-order valence-corrected chi connectivity index (χ4v) is 3.90. The Morgan fingerprint density at radius 1 is 1.03 bits per heavy atom. The normalized spacial score (nSPS) is 12.6. The van der Waals surface area contributed by atoms with E-state index >= 15 is 0 Å². The molecule has 1 saturated carbocycles. The molecule has 0 bridgehead atoms. The number of aromatic nitrogens is 1. The fourth-order valence-electron chi connectivity index (χ4n) is 3.90. The summed E-state index contributed by atoms with van der Waals surface area (Å²) in [6.45, 7) is 11.9. The zero-order valence-electron chi connectivity index (χ0n) is 20.2. The van der Waals surface area contributed by atoms with E-state index in [2.05, 4.69) is 20.5 Å². The summed E-state index contributed by atoms with van der Waals surface area (Å²) in [6, 6.07) is 18.9. The van der Waals surface area contributed by atoms with Gasteiger partial charge in [-0.3, -0.25) is 4.98 Å². The van der Waals surface area contributed by atoms with Crippen LogP contribution in [0.5, 0.6) is 17.2 Å². The molecule has 1 aliphatic carbocycles. The number of hydrogen-bond donors (Lipinski definition) is 2. The molecule has 1 heterocycles. The largest absolute Gasteiger partial charge is 0.500 e. The lowest BCUT2D eigenvalue weighted by Gasteiger charge is -2.16. The van der Waals surface area contributed by atoms with Gasteiger partial charge in [-0.25, -0.2) is 9.64 Å². The van der Waals surface area contributed by atoms with E-state index in [1.165, 1.54) is 0 Å². The van der Waals surface area contributed by atoms with E-state index in [1.54, 1.807) is 24.4 Å². The topological polar surface area (TPSA) is 76.8 Å². The van der Waals surface area contributed by atoms with E-state index in [-0.39, 0.29) is 6.03 Å². The van der Waals surface area contributed by atoms with Crippen LogP contribution >= 0.6 is 0 Å². The van der Waals surface area contributed by atoms with Crippen molar-refractivity contribution in [2.24, 2.45) is 0 Å². The number of rotatable bonds is 7. The monoisotopic (exact) mass is 478 g/mol. The number of nitrogens with zero attached hydrogens (tertiary/aromatic N) is 2. The summed E-state index contributed by atoms with van der Waals surface area (Å²) in [5, 5.41) is 6.58. The van der Waals surface area contributed by atoms with Crippen LogP contribution < -0.4 is 20.1 Å². The fraction of sp³-hybridized carbons (Fsp3) is 0.207. The number of urea groups is 1. The number of fused-ring (bicyclic) bond motifs is 1. The van der Waals surface area contributed by atoms with Crippen LogP contribution in [0.25, 0.3) is 15.7 Å². The number of anilines is 1. The lowest BCUT2D eigenvalue weighted by atomic mass is 10.1. The molecule has 36 heavy (non-hydrogen) atoms. The SMILES string of the molecule is [C-]#[N+]c1cc2c(Oc3ccc(NC(=O)NC4CC4)c(C)c3C)ccnc2cc1OCc1ccccc1. The van der Waals surface area contributed by atoms with Gasteiger partial charge in [-0.05, 0) is 73.7 Å². The van der Waals surface area contributed by atoms with Crippen LogP contribution in [0.2, 0.25) is 0 Å². The average molecular weight is 479 g/mol. The van der Waals surface area contributed by atoms with Crippen LogP contribution in [0.3, 0.4) is 0 Å². The van der Waals surface area contributed by atoms with Gasteiger partial charge in [0.2, 0.25) is 5.69 Å². The first kappa shape index (κ1) is 23.2. The molecule has 0 spiro atoms. The Morgan fingerprint density at radius 2 is 1.83 bits per heavy atom. The van der Waals surface area contributed by atoms with Crippen LogP contribution in [0.4, 0.5) is 16.2 Å². The first-order valence-corrected chi connectivity index (χ1v) is 11.8. The molecule has 5 rings (SSSR count). The van der Waals surface area contributed by atoms with Gasteiger partial charge in [0.1, 0.15) is 23.9 Å². The molecule has 1 aliphatic rings. The predicted molar refractivity (Wildman–Crippen MR) is 140 cm³/mol. The molecule has 0 unspecified atom stereocenters. The Balaban J connectivity index is 1.39. The Kier molecular flexibility index (Phi) is 6.42. The van der Waals surface area contributed by atoms with Crippen molar-refractivity contribution in [3.8, 4) is 17.2 Å². The molecule has 2 amide bonds. The number of hydrogen-bond acceptors (Lipinski definition) is 4. The molecule has 1 aromatic heterocycles. The van der Waals surface area contributed by atoms with Crippen LogP contribution in [0.1, 0.15) is 29.5 Å². The third-order valence-electron chi connectivity index (χ3n) is 6.26. The highest BCUT2D eigenvalue weighted by molar-refractivity contribution is 5.92. The molecule has 1 fully saturated rings. The highest BCUT2D eigenvalue weighted by Crippen LogP contribution is 2.39. The van der Waals surface area contributed by atoms with Crippen molar-refractivity contribution in [2.45, 2.75) is 39.3 Å². The van der Waals surface area contributed by atoms with E-state index in [9.17, 15) is 4.79 Å².